The second-order valence-electron chi connectivity index (χ2n) is 4.96. The molecule has 23 heavy (non-hydrogen) atoms. The molecule has 1 aromatic heterocycles. The van der Waals surface area contributed by atoms with Crippen molar-refractivity contribution in [1.82, 2.24) is 14.8 Å². The first kappa shape index (κ1) is 13.7. The van der Waals surface area contributed by atoms with Gasteiger partial charge in [-0.3, -0.25) is 9.59 Å². The van der Waals surface area contributed by atoms with Gasteiger partial charge < -0.3 is 0 Å². The van der Waals surface area contributed by atoms with Crippen molar-refractivity contribution in [3.05, 3.63) is 71.3 Å². The monoisotopic (exact) mass is 324 g/mol. The first-order valence-corrected chi connectivity index (χ1v) is 7.17. The topological polar surface area (TPSA) is 68.1 Å². The Labute approximate surface area is 135 Å². The number of carbonyl (C=O) groups is 2. The summed E-state index contributed by atoms with van der Waals surface area (Å²) in [5.41, 5.74) is 1.67. The minimum atomic E-state index is -0.380. The predicted octanol–water partition coefficient (Wildman–Crippen LogP) is 2.72. The lowest BCUT2D eigenvalue weighted by atomic mass is 10.1. The molecule has 4 rings (SSSR count). The van der Waals surface area contributed by atoms with E-state index in [0.717, 1.165) is 4.90 Å². The molecule has 0 aliphatic carbocycles. The SMILES string of the molecule is O=C1c2ccccc2C(=O)N1c1cc(Cl)ccc1-n1cncn1. The van der Waals surface area contributed by atoms with Gasteiger partial charge in [-0.1, -0.05) is 23.7 Å². The number of hydrogen-bond donors (Lipinski definition) is 0. The Bertz CT molecular complexity index is 902. The Hall–Kier alpha value is -2.99. The number of hydrogen-bond acceptors (Lipinski definition) is 4. The minimum absolute atomic E-state index is 0.370. The van der Waals surface area contributed by atoms with Gasteiger partial charge in [-0.2, -0.15) is 5.10 Å². The number of carbonyl (C=O) groups excluding carboxylic acids is 2. The van der Waals surface area contributed by atoms with E-state index in [1.54, 1.807) is 42.5 Å². The fraction of sp³-hybridized carbons (Fsp3) is 0. The van der Waals surface area contributed by atoms with Crippen molar-refractivity contribution >= 4 is 29.1 Å². The summed E-state index contributed by atoms with van der Waals surface area (Å²) in [5, 5.41) is 4.48. The van der Waals surface area contributed by atoms with Crippen LogP contribution in [0, 0.1) is 0 Å². The predicted molar refractivity (Wildman–Crippen MR) is 84.0 cm³/mol. The Kier molecular flexibility index (Phi) is 2.99. The Morgan fingerprint density at radius 3 is 2.22 bits per heavy atom. The number of aromatic nitrogens is 3. The second-order valence-corrected chi connectivity index (χ2v) is 5.40. The van der Waals surface area contributed by atoms with E-state index < -0.39 is 0 Å². The van der Waals surface area contributed by atoms with Crippen LogP contribution in [0.15, 0.2) is 55.1 Å². The zero-order valence-corrected chi connectivity index (χ0v) is 12.4. The van der Waals surface area contributed by atoms with Crippen LogP contribution in [0.3, 0.4) is 0 Å². The number of rotatable bonds is 2. The summed E-state index contributed by atoms with van der Waals surface area (Å²) in [6.45, 7) is 0. The van der Waals surface area contributed by atoms with E-state index in [-0.39, 0.29) is 11.8 Å². The molecule has 0 N–H and O–H groups in total. The summed E-state index contributed by atoms with van der Waals surface area (Å²) >= 11 is 6.07. The van der Waals surface area contributed by atoms with E-state index >= 15 is 0 Å². The lowest BCUT2D eigenvalue weighted by Crippen LogP contribution is -2.30. The highest BCUT2D eigenvalue weighted by molar-refractivity contribution is 6.36. The highest BCUT2D eigenvalue weighted by Crippen LogP contribution is 2.34. The normalized spacial score (nSPS) is 13.5. The van der Waals surface area contributed by atoms with Crippen LogP contribution in [0.2, 0.25) is 5.02 Å². The van der Waals surface area contributed by atoms with Gasteiger partial charge in [0.25, 0.3) is 11.8 Å². The van der Waals surface area contributed by atoms with Crippen molar-refractivity contribution in [2.24, 2.45) is 0 Å². The van der Waals surface area contributed by atoms with Gasteiger partial charge in [0.05, 0.1) is 22.5 Å². The van der Waals surface area contributed by atoms with Crippen LogP contribution in [0.4, 0.5) is 5.69 Å². The molecule has 1 aliphatic rings. The zero-order chi connectivity index (χ0) is 16.0. The number of fused-ring (bicyclic) bond motifs is 1. The van der Waals surface area contributed by atoms with Crippen LogP contribution in [0.5, 0.6) is 0 Å². The van der Waals surface area contributed by atoms with Crippen LogP contribution in [0.25, 0.3) is 5.69 Å². The summed E-state index contributed by atoms with van der Waals surface area (Å²) in [7, 11) is 0. The number of halogens is 1. The Morgan fingerprint density at radius 1 is 0.913 bits per heavy atom. The fourth-order valence-corrected chi connectivity index (χ4v) is 2.78. The third-order valence-corrected chi connectivity index (χ3v) is 3.87. The van der Waals surface area contributed by atoms with Gasteiger partial charge in [0.2, 0.25) is 0 Å². The van der Waals surface area contributed by atoms with Gasteiger partial charge in [0, 0.05) is 5.02 Å². The van der Waals surface area contributed by atoms with Crippen LogP contribution >= 0.6 is 11.6 Å². The molecule has 2 heterocycles. The van der Waals surface area contributed by atoms with Crippen molar-refractivity contribution in [2.75, 3.05) is 4.90 Å². The van der Waals surface area contributed by atoms with Crippen LogP contribution in [-0.4, -0.2) is 26.6 Å². The lowest BCUT2D eigenvalue weighted by molar-refractivity contribution is 0.0926. The standard InChI is InChI=1S/C16H9ClN4O2/c17-10-5-6-13(20-9-18-8-19-20)14(7-10)21-15(22)11-3-1-2-4-12(11)16(21)23/h1-9H. The molecular weight excluding hydrogens is 316 g/mol. The average molecular weight is 325 g/mol. The van der Waals surface area contributed by atoms with Gasteiger partial charge in [-0.15, -0.1) is 0 Å². The molecule has 2 aromatic carbocycles. The molecule has 0 saturated carbocycles. The molecule has 7 heteroatoms. The summed E-state index contributed by atoms with van der Waals surface area (Å²) in [5.74, 6) is -0.761. The molecule has 0 atom stereocenters. The molecule has 2 amide bonds. The molecule has 112 valence electrons. The summed E-state index contributed by atoms with van der Waals surface area (Å²) in [6, 6.07) is 11.6. The van der Waals surface area contributed by atoms with Crippen LogP contribution in [0.1, 0.15) is 20.7 Å². The average Bonchev–Trinajstić information content (AvgIpc) is 3.16. The van der Waals surface area contributed by atoms with E-state index in [4.69, 9.17) is 11.6 Å². The molecule has 0 unspecified atom stereocenters. The molecule has 0 bridgehead atoms. The van der Waals surface area contributed by atoms with Crippen molar-refractivity contribution in [1.29, 1.82) is 0 Å². The third-order valence-electron chi connectivity index (χ3n) is 3.64. The van der Waals surface area contributed by atoms with Gasteiger partial charge in [0.15, 0.2) is 0 Å². The van der Waals surface area contributed by atoms with Gasteiger partial charge in [-0.25, -0.2) is 14.6 Å². The highest BCUT2D eigenvalue weighted by atomic mass is 35.5. The molecule has 6 nitrogen and oxygen atoms in total. The highest BCUT2D eigenvalue weighted by Gasteiger charge is 2.37. The first-order valence-electron chi connectivity index (χ1n) is 6.79. The lowest BCUT2D eigenvalue weighted by Gasteiger charge is -2.18. The number of nitrogens with zero attached hydrogens (tertiary/aromatic N) is 4. The van der Waals surface area contributed by atoms with Gasteiger partial charge in [-0.05, 0) is 30.3 Å². The van der Waals surface area contributed by atoms with Gasteiger partial charge in [0.1, 0.15) is 12.7 Å². The zero-order valence-electron chi connectivity index (χ0n) is 11.7. The number of benzene rings is 2. The molecule has 0 fully saturated rings. The largest absolute Gasteiger partial charge is 0.268 e. The molecule has 1 aliphatic heterocycles. The smallest absolute Gasteiger partial charge is 0.266 e. The van der Waals surface area contributed by atoms with E-state index in [2.05, 4.69) is 10.1 Å². The Balaban J connectivity index is 1.91. The molecular formula is C16H9ClN4O2. The third kappa shape index (κ3) is 2.03. The fourth-order valence-electron chi connectivity index (χ4n) is 2.61. The van der Waals surface area contributed by atoms with Crippen molar-refractivity contribution in [2.45, 2.75) is 0 Å². The van der Waals surface area contributed by atoms with Crippen LogP contribution < -0.4 is 4.90 Å². The summed E-state index contributed by atoms with van der Waals surface area (Å²) in [6.07, 6.45) is 2.87. The van der Waals surface area contributed by atoms with Crippen molar-refractivity contribution in [3.8, 4) is 5.69 Å². The van der Waals surface area contributed by atoms with E-state index in [1.165, 1.54) is 17.3 Å². The number of amides is 2. The van der Waals surface area contributed by atoms with Gasteiger partial charge >= 0.3 is 0 Å². The van der Waals surface area contributed by atoms with E-state index in [0.29, 0.717) is 27.5 Å². The Morgan fingerprint density at radius 2 is 1.61 bits per heavy atom. The maximum atomic E-state index is 12.7. The minimum Gasteiger partial charge on any atom is -0.268 e. The van der Waals surface area contributed by atoms with Crippen molar-refractivity contribution in [3.63, 3.8) is 0 Å². The number of imide groups is 1. The van der Waals surface area contributed by atoms with E-state index in [9.17, 15) is 9.59 Å². The second kappa shape index (κ2) is 5.03. The van der Waals surface area contributed by atoms with Crippen molar-refractivity contribution < 1.29 is 9.59 Å². The molecule has 0 spiro atoms. The maximum absolute atomic E-state index is 12.7. The molecule has 0 radical (unpaired) electrons. The van der Waals surface area contributed by atoms with Crippen LogP contribution in [-0.2, 0) is 0 Å². The maximum Gasteiger partial charge on any atom is 0.266 e. The molecule has 0 saturated heterocycles. The van der Waals surface area contributed by atoms with E-state index in [1.807, 2.05) is 0 Å². The quantitative estimate of drug-likeness (QED) is 0.680. The number of anilines is 1. The first-order chi connectivity index (χ1) is 11.2. The summed E-state index contributed by atoms with van der Waals surface area (Å²) in [4.78, 5) is 30.3. The summed E-state index contributed by atoms with van der Waals surface area (Å²) < 4.78 is 1.48. The molecule has 3 aromatic rings.